The summed E-state index contributed by atoms with van der Waals surface area (Å²) in [5.74, 6) is -2.22. The molecule has 2 atom stereocenters. The molecular formula is C14H26LiNO4. The number of hydrogen-bond donors (Lipinski definition) is 1. The van der Waals surface area contributed by atoms with Crippen molar-refractivity contribution in [2.75, 3.05) is 6.54 Å². The van der Waals surface area contributed by atoms with Gasteiger partial charge in [-0.1, -0.05) is 39.0 Å². The smallest absolute Gasteiger partial charge is 0.548 e. The van der Waals surface area contributed by atoms with Gasteiger partial charge in [0.05, 0.1) is 5.97 Å². The van der Waals surface area contributed by atoms with Crippen LogP contribution in [-0.2, 0) is 9.59 Å². The number of nitrogens with zero attached hydrogens (tertiary/aromatic N) is 1. The summed E-state index contributed by atoms with van der Waals surface area (Å²) < 4.78 is 0. The second kappa shape index (κ2) is 12.3. The molecule has 0 heterocycles. The predicted octanol–water partition coefficient (Wildman–Crippen LogP) is -1.74. The van der Waals surface area contributed by atoms with E-state index in [1.54, 1.807) is 0 Å². The van der Waals surface area contributed by atoms with Crippen LogP contribution >= 0.6 is 0 Å². The molecule has 112 valence electrons. The molecule has 0 aromatic heterocycles. The summed E-state index contributed by atoms with van der Waals surface area (Å²) in [7, 11) is 0. The number of carbonyl (C=O) groups excluding carboxylic acids is 1. The molecule has 0 amide bonds. The number of hydrogen-bond acceptors (Lipinski definition) is 4. The number of carbonyl (C=O) groups is 2. The van der Waals surface area contributed by atoms with Crippen molar-refractivity contribution in [2.45, 2.75) is 71.4 Å². The van der Waals surface area contributed by atoms with Crippen LogP contribution in [0.3, 0.4) is 0 Å². The van der Waals surface area contributed by atoms with Crippen LogP contribution in [0.5, 0.6) is 0 Å². The van der Waals surface area contributed by atoms with Crippen molar-refractivity contribution in [3.63, 3.8) is 0 Å². The van der Waals surface area contributed by atoms with Crippen LogP contribution in [0.1, 0.15) is 59.3 Å². The summed E-state index contributed by atoms with van der Waals surface area (Å²) in [4.78, 5) is 23.4. The fraction of sp³-hybridized carbons (Fsp3) is 0.857. The Morgan fingerprint density at radius 3 is 2.00 bits per heavy atom. The van der Waals surface area contributed by atoms with Gasteiger partial charge in [-0.15, -0.1) is 0 Å². The monoisotopic (exact) mass is 279 g/mol. The van der Waals surface area contributed by atoms with Gasteiger partial charge in [0.25, 0.3) is 0 Å². The zero-order valence-corrected chi connectivity index (χ0v) is 13.2. The Labute approximate surface area is 133 Å². The summed E-state index contributed by atoms with van der Waals surface area (Å²) >= 11 is 0. The molecule has 0 radical (unpaired) electrons. The molecule has 0 aromatic carbocycles. The minimum absolute atomic E-state index is 0. The third kappa shape index (κ3) is 8.63. The topological polar surface area (TPSA) is 80.7 Å². The Balaban J connectivity index is 0. The van der Waals surface area contributed by atoms with Gasteiger partial charge >= 0.3 is 24.8 Å². The molecule has 0 saturated carbocycles. The molecule has 0 rings (SSSR count). The number of aliphatic carboxylic acids is 2. The molecule has 0 spiro atoms. The number of rotatable bonds is 11. The summed E-state index contributed by atoms with van der Waals surface area (Å²) in [5, 5.41) is 19.9. The van der Waals surface area contributed by atoms with Crippen LogP contribution in [0.2, 0.25) is 0 Å². The number of carboxylic acid groups (broad SMARTS) is 2. The van der Waals surface area contributed by atoms with E-state index in [0.29, 0.717) is 6.54 Å². The van der Waals surface area contributed by atoms with Gasteiger partial charge in [-0.3, -0.25) is 9.69 Å². The summed E-state index contributed by atoms with van der Waals surface area (Å²) in [6.45, 7) is 5.62. The van der Waals surface area contributed by atoms with Crippen molar-refractivity contribution in [2.24, 2.45) is 0 Å². The van der Waals surface area contributed by atoms with E-state index in [4.69, 9.17) is 5.11 Å². The molecule has 2 unspecified atom stereocenters. The van der Waals surface area contributed by atoms with Crippen LogP contribution in [0, 0.1) is 0 Å². The Kier molecular flexibility index (Phi) is 13.4. The molecule has 0 bridgehead atoms. The molecule has 0 saturated heterocycles. The molecule has 6 heteroatoms. The summed E-state index contributed by atoms with van der Waals surface area (Å²) in [6.07, 6.45) is 6.51. The van der Waals surface area contributed by atoms with Gasteiger partial charge in [0.1, 0.15) is 6.04 Å². The normalized spacial score (nSPS) is 13.6. The largest absolute Gasteiger partial charge is 1.00 e. The Hall–Kier alpha value is -0.503. The summed E-state index contributed by atoms with van der Waals surface area (Å²) in [5.41, 5.74) is 0. The first-order valence-corrected chi connectivity index (χ1v) is 7.11. The first kappa shape index (κ1) is 21.8. The number of carboxylic acids is 2. The van der Waals surface area contributed by atoms with Gasteiger partial charge in [-0.05, 0) is 26.8 Å². The molecule has 0 aliphatic rings. The number of unbranched alkanes of at least 4 members (excludes halogenated alkanes) is 5. The van der Waals surface area contributed by atoms with E-state index in [9.17, 15) is 14.7 Å². The summed E-state index contributed by atoms with van der Waals surface area (Å²) in [6, 6.07) is -1.68. The maximum absolute atomic E-state index is 11.0. The van der Waals surface area contributed by atoms with E-state index >= 15 is 0 Å². The molecule has 0 aliphatic heterocycles. The molecule has 0 fully saturated rings. The van der Waals surface area contributed by atoms with E-state index < -0.39 is 24.0 Å². The predicted molar refractivity (Wildman–Crippen MR) is 71.6 cm³/mol. The van der Waals surface area contributed by atoms with Crippen molar-refractivity contribution in [3.8, 4) is 0 Å². The van der Waals surface area contributed by atoms with Gasteiger partial charge in [-0.25, -0.2) is 0 Å². The standard InChI is InChI=1S/C14H27NO4.Li/c1-4-5-6-7-8-9-10-15(11(2)13(16)17)12(3)14(18)19;/h11-12H,4-10H2,1-3H3,(H,16,17)(H,18,19);/q;+1/p-1. The first-order chi connectivity index (χ1) is 8.91. The van der Waals surface area contributed by atoms with E-state index in [1.807, 2.05) is 0 Å². The maximum atomic E-state index is 11.0. The minimum atomic E-state index is -1.22. The molecule has 20 heavy (non-hydrogen) atoms. The van der Waals surface area contributed by atoms with Crippen molar-refractivity contribution < 1.29 is 38.7 Å². The molecule has 0 aromatic rings. The molecular weight excluding hydrogens is 253 g/mol. The van der Waals surface area contributed by atoms with Crippen LogP contribution in [-0.4, -0.2) is 40.6 Å². The third-order valence-corrected chi connectivity index (χ3v) is 3.46. The van der Waals surface area contributed by atoms with E-state index in [0.717, 1.165) is 19.3 Å². The zero-order chi connectivity index (χ0) is 14.8. The second-order valence-corrected chi connectivity index (χ2v) is 5.01. The fourth-order valence-corrected chi connectivity index (χ4v) is 2.07. The Morgan fingerprint density at radius 1 is 1.05 bits per heavy atom. The average molecular weight is 279 g/mol. The van der Waals surface area contributed by atoms with Gasteiger partial charge in [0.15, 0.2) is 0 Å². The van der Waals surface area contributed by atoms with Crippen molar-refractivity contribution in [1.29, 1.82) is 0 Å². The average Bonchev–Trinajstić information content (AvgIpc) is 2.36. The van der Waals surface area contributed by atoms with Crippen molar-refractivity contribution in [1.82, 2.24) is 4.90 Å². The van der Waals surface area contributed by atoms with Crippen molar-refractivity contribution >= 4 is 11.9 Å². The fourth-order valence-electron chi connectivity index (χ4n) is 2.07. The van der Waals surface area contributed by atoms with Crippen LogP contribution in [0.25, 0.3) is 0 Å². The van der Waals surface area contributed by atoms with E-state index in [1.165, 1.54) is 38.0 Å². The minimum Gasteiger partial charge on any atom is -0.548 e. The Morgan fingerprint density at radius 2 is 1.55 bits per heavy atom. The SMILES string of the molecule is CCCCCCCCN(C(C)C(=O)[O-])C(C)C(=O)O.[Li+]. The van der Waals surface area contributed by atoms with Crippen LogP contribution in [0.4, 0.5) is 0 Å². The Bertz CT molecular complexity index is 266. The molecule has 5 nitrogen and oxygen atoms in total. The zero-order valence-electron chi connectivity index (χ0n) is 13.2. The van der Waals surface area contributed by atoms with Gasteiger partial charge in [0.2, 0.25) is 0 Å². The molecule has 1 N–H and O–H groups in total. The van der Waals surface area contributed by atoms with Gasteiger partial charge in [0, 0.05) is 6.04 Å². The van der Waals surface area contributed by atoms with E-state index in [-0.39, 0.29) is 18.9 Å². The van der Waals surface area contributed by atoms with Crippen molar-refractivity contribution in [3.05, 3.63) is 0 Å². The van der Waals surface area contributed by atoms with Crippen LogP contribution in [0.15, 0.2) is 0 Å². The third-order valence-electron chi connectivity index (χ3n) is 3.46. The second-order valence-electron chi connectivity index (χ2n) is 5.01. The molecule has 0 aliphatic carbocycles. The first-order valence-electron chi connectivity index (χ1n) is 7.11. The van der Waals surface area contributed by atoms with Gasteiger partial charge < -0.3 is 15.0 Å². The quantitative estimate of drug-likeness (QED) is 0.359. The van der Waals surface area contributed by atoms with Gasteiger partial charge in [-0.2, -0.15) is 0 Å². The van der Waals surface area contributed by atoms with Crippen LogP contribution < -0.4 is 24.0 Å². The van der Waals surface area contributed by atoms with E-state index in [2.05, 4.69) is 6.92 Å². The maximum Gasteiger partial charge on any atom is 1.00 e.